The van der Waals surface area contributed by atoms with Crippen LogP contribution in [0.1, 0.15) is 17.5 Å². The van der Waals surface area contributed by atoms with Crippen molar-refractivity contribution < 1.29 is 23.8 Å². The molecule has 0 heterocycles. The molecule has 2 aromatic carbocycles. The van der Waals surface area contributed by atoms with Gasteiger partial charge < -0.3 is 14.2 Å². The summed E-state index contributed by atoms with van der Waals surface area (Å²) in [6, 6.07) is 7.27. The number of halogens is 1. The molecule has 0 radical (unpaired) electrons. The van der Waals surface area contributed by atoms with Gasteiger partial charge in [0.05, 0.1) is 7.11 Å². The van der Waals surface area contributed by atoms with E-state index in [4.69, 9.17) is 21.1 Å². The van der Waals surface area contributed by atoms with Crippen molar-refractivity contribution in [1.82, 2.24) is 0 Å². The minimum absolute atomic E-state index is 0.0826. The predicted molar refractivity (Wildman–Crippen MR) is 94.5 cm³/mol. The first kappa shape index (κ1) is 17.3. The molecule has 0 amide bonds. The van der Waals surface area contributed by atoms with Crippen molar-refractivity contribution in [1.29, 1.82) is 0 Å². The summed E-state index contributed by atoms with van der Waals surface area (Å²) in [5.74, 6) is 0.322. The van der Waals surface area contributed by atoms with Gasteiger partial charge in [0.2, 0.25) is 0 Å². The number of rotatable bonds is 3. The number of methoxy groups -OCH3 is 1. The monoisotopic (exact) mass is 360 g/mol. The van der Waals surface area contributed by atoms with Gasteiger partial charge in [0.1, 0.15) is 11.5 Å². The molecule has 2 aromatic rings. The Kier molecular flexibility index (Phi) is 4.95. The lowest BCUT2D eigenvalue weighted by Gasteiger charge is -2.26. The molecule has 1 aliphatic rings. The van der Waals surface area contributed by atoms with Crippen LogP contribution in [0.2, 0.25) is 0 Å². The van der Waals surface area contributed by atoms with Gasteiger partial charge in [0.25, 0.3) is 0 Å². The number of benzene rings is 2. The van der Waals surface area contributed by atoms with Crippen LogP contribution in [0.15, 0.2) is 36.9 Å². The molecular weight excluding hydrogens is 344 g/mol. The largest absolute Gasteiger partial charge is 0.513 e. The summed E-state index contributed by atoms with van der Waals surface area (Å²) >= 11 is 6.33. The van der Waals surface area contributed by atoms with E-state index in [0.717, 1.165) is 23.6 Å². The van der Waals surface area contributed by atoms with Crippen LogP contribution < -0.4 is 9.47 Å². The highest BCUT2D eigenvalue weighted by Gasteiger charge is 2.29. The molecule has 1 unspecified atom stereocenters. The van der Waals surface area contributed by atoms with Gasteiger partial charge in [-0.3, -0.25) is 0 Å². The average Bonchev–Trinajstić information content (AvgIpc) is 2.63. The van der Waals surface area contributed by atoms with Gasteiger partial charge in [0.15, 0.2) is 0 Å². The van der Waals surface area contributed by atoms with E-state index in [-0.39, 0.29) is 5.38 Å². The van der Waals surface area contributed by atoms with E-state index in [2.05, 4.69) is 11.3 Å². The zero-order valence-electron chi connectivity index (χ0n) is 13.7. The Balaban J connectivity index is 2.29. The standard InChI is InChI=1S/C19H17ClO5/c1-3-16(21)24-18-13-7-5-4-6-12(13)17(25-19(22)23-2)14-9-8-11(20)10-15(14)18/h3-7,11H,1,8-10H2,2H3. The summed E-state index contributed by atoms with van der Waals surface area (Å²) in [4.78, 5) is 23.5. The highest BCUT2D eigenvalue weighted by molar-refractivity contribution is 6.21. The second-order valence-corrected chi connectivity index (χ2v) is 6.30. The van der Waals surface area contributed by atoms with Crippen LogP contribution in [0, 0.1) is 0 Å². The number of hydrogen-bond acceptors (Lipinski definition) is 5. The van der Waals surface area contributed by atoms with Crippen molar-refractivity contribution in [2.75, 3.05) is 7.11 Å². The fourth-order valence-corrected chi connectivity index (χ4v) is 3.35. The predicted octanol–water partition coefficient (Wildman–Crippen LogP) is 4.17. The lowest BCUT2D eigenvalue weighted by Crippen LogP contribution is -2.19. The first-order valence-electron chi connectivity index (χ1n) is 7.85. The molecule has 0 N–H and O–H groups in total. The van der Waals surface area contributed by atoms with Crippen molar-refractivity contribution in [3.05, 3.63) is 48.0 Å². The fraction of sp³-hybridized carbons (Fsp3) is 0.263. The molecule has 0 aromatic heterocycles. The van der Waals surface area contributed by atoms with Crippen molar-refractivity contribution >= 4 is 34.5 Å². The van der Waals surface area contributed by atoms with Gasteiger partial charge in [-0.15, -0.1) is 11.6 Å². The van der Waals surface area contributed by atoms with Gasteiger partial charge in [-0.1, -0.05) is 30.8 Å². The zero-order chi connectivity index (χ0) is 18.0. The van der Waals surface area contributed by atoms with Crippen LogP contribution in [0.5, 0.6) is 11.5 Å². The molecule has 0 saturated heterocycles. The Morgan fingerprint density at radius 3 is 2.40 bits per heavy atom. The fourth-order valence-electron chi connectivity index (χ4n) is 3.08. The van der Waals surface area contributed by atoms with E-state index in [9.17, 15) is 9.59 Å². The van der Waals surface area contributed by atoms with E-state index < -0.39 is 12.1 Å². The highest BCUT2D eigenvalue weighted by atomic mass is 35.5. The summed E-state index contributed by atoms with van der Waals surface area (Å²) in [5, 5.41) is 1.26. The van der Waals surface area contributed by atoms with E-state index in [1.807, 2.05) is 24.3 Å². The zero-order valence-corrected chi connectivity index (χ0v) is 14.5. The van der Waals surface area contributed by atoms with Gasteiger partial charge >= 0.3 is 12.1 Å². The molecule has 25 heavy (non-hydrogen) atoms. The molecule has 0 aliphatic heterocycles. The smallest absolute Gasteiger partial charge is 0.437 e. The van der Waals surface area contributed by atoms with Crippen molar-refractivity contribution in [3.8, 4) is 11.5 Å². The molecule has 3 rings (SSSR count). The van der Waals surface area contributed by atoms with Gasteiger partial charge in [-0.2, -0.15) is 0 Å². The molecule has 1 atom stereocenters. The van der Waals surface area contributed by atoms with Gasteiger partial charge in [-0.25, -0.2) is 9.59 Å². The minimum atomic E-state index is -0.795. The van der Waals surface area contributed by atoms with Crippen molar-refractivity contribution in [2.24, 2.45) is 0 Å². The lowest BCUT2D eigenvalue weighted by molar-refractivity contribution is -0.128. The average molecular weight is 361 g/mol. The third kappa shape index (κ3) is 3.33. The summed E-state index contributed by atoms with van der Waals surface area (Å²) in [6.45, 7) is 3.45. The number of esters is 1. The molecule has 5 nitrogen and oxygen atoms in total. The summed E-state index contributed by atoms with van der Waals surface area (Å²) in [5.41, 5.74) is 1.59. The number of fused-ring (bicyclic) bond motifs is 2. The highest BCUT2D eigenvalue weighted by Crippen LogP contribution is 2.45. The van der Waals surface area contributed by atoms with Crippen LogP contribution in [0.4, 0.5) is 4.79 Å². The Hall–Kier alpha value is -2.53. The van der Waals surface area contributed by atoms with E-state index in [0.29, 0.717) is 35.1 Å². The third-order valence-electron chi connectivity index (χ3n) is 4.18. The quantitative estimate of drug-likeness (QED) is 0.270. The summed E-state index contributed by atoms with van der Waals surface area (Å²) < 4.78 is 15.6. The number of carbonyl (C=O) groups is 2. The summed E-state index contributed by atoms with van der Waals surface area (Å²) in [6.07, 6.45) is 2.18. The maximum absolute atomic E-state index is 11.8. The number of ether oxygens (including phenoxy) is 3. The molecular formula is C19H17ClO5. The van der Waals surface area contributed by atoms with E-state index >= 15 is 0 Å². The Bertz CT molecular complexity index is 859. The first-order valence-corrected chi connectivity index (χ1v) is 8.29. The Labute approximate surface area is 150 Å². The summed E-state index contributed by atoms with van der Waals surface area (Å²) in [7, 11) is 1.26. The number of alkyl halides is 1. The minimum Gasteiger partial charge on any atom is -0.437 e. The van der Waals surface area contributed by atoms with Crippen LogP contribution >= 0.6 is 11.6 Å². The first-order chi connectivity index (χ1) is 12.0. The Morgan fingerprint density at radius 1 is 1.16 bits per heavy atom. The van der Waals surface area contributed by atoms with E-state index in [1.54, 1.807) is 0 Å². The lowest BCUT2D eigenvalue weighted by atomic mass is 9.87. The van der Waals surface area contributed by atoms with Crippen molar-refractivity contribution in [2.45, 2.75) is 24.6 Å². The molecule has 1 aliphatic carbocycles. The molecule has 130 valence electrons. The second kappa shape index (κ2) is 7.15. The van der Waals surface area contributed by atoms with Crippen LogP contribution in [0.25, 0.3) is 10.8 Å². The molecule has 0 bridgehead atoms. The molecule has 0 fully saturated rings. The number of carbonyl (C=O) groups excluding carboxylic acids is 2. The SMILES string of the molecule is C=CC(=O)Oc1c2c(c(OC(=O)OC)c3ccccc13)CCC(Cl)C2. The maximum Gasteiger partial charge on any atom is 0.513 e. The van der Waals surface area contributed by atoms with E-state index in [1.165, 1.54) is 7.11 Å². The second-order valence-electron chi connectivity index (χ2n) is 5.68. The normalized spacial score (nSPS) is 16.0. The number of hydrogen-bond donors (Lipinski definition) is 0. The van der Waals surface area contributed by atoms with Crippen molar-refractivity contribution in [3.63, 3.8) is 0 Å². The maximum atomic E-state index is 11.8. The van der Waals surface area contributed by atoms with Gasteiger partial charge in [0, 0.05) is 33.4 Å². The molecule has 0 spiro atoms. The third-order valence-corrected chi connectivity index (χ3v) is 4.56. The van der Waals surface area contributed by atoms with Gasteiger partial charge in [-0.05, 0) is 19.3 Å². The topological polar surface area (TPSA) is 61.8 Å². The molecule has 0 saturated carbocycles. The van der Waals surface area contributed by atoms with Crippen LogP contribution in [-0.4, -0.2) is 24.6 Å². The molecule has 6 heteroatoms. The van der Waals surface area contributed by atoms with Crippen LogP contribution in [-0.2, 0) is 22.4 Å². The van der Waals surface area contributed by atoms with Crippen LogP contribution in [0.3, 0.4) is 0 Å². The Morgan fingerprint density at radius 2 is 1.80 bits per heavy atom.